The molecule has 0 fully saturated rings. The number of nitrogens with zero attached hydrogens (tertiary/aromatic N) is 1. The Morgan fingerprint density at radius 1 is 1.73 bits per heavy atom. The van der Waals surface area contributed by atoms with Gasteiger partial charge in [-0.3, -0.25) is 4.84 Å². The molecule has 66 valence electrons. The molecular formula is C7H15NO3. The number of amides is 1. The van der Waals surface area contributed by atoms with E-state index in [1.54, 1.807) is 0 Å². The van der Waals surface area contributed by atoms with Crippen LogP contribution >= 0.6 is 0 Å². The zero-order valence-electron chi connectivity index (χ0n) is 7.20. The van der Waals surface area contributed by atoms with Crippen molar-refractivity contribution in [2.24, 2.45) is 0 Å². The van der Waals surface area contributed by atoms with Crippen molar-refractivity contribution in [2.45, 2.75) is 32.7 Å². The summed E-state index contributed by atoms with van der Waals surface area (Å²) in [4.78, 5) is 15.1. The molecule has 1 unspecified atom stereocenters. The minimum atomic E-state index is -1.03. The van der Waals surface area contributed by atoms with Gasteiger partial charge in [-0.25, -0.2) is 4.79 Å². The van der Waals surface area contributed by atoms with E-state index in [9.17, 15) is 4.79 Å². The van der Waals surface area contributed by atoms with Crippen LogP contribution in [-0.4, -0.2) is 29.4 Å². The first kappa shape index (κ1) is 10.2. The maximum atomic E-state index is 10.4. The summed E-state index contributed by atoms with van der Waals surface area (Å²) in [5.74, 6) is 0. The van der Waals surface area contributed by atoms with Crippen molar-refractivity contribution < 1.29 is 14.7 Å². The second-order valence-electron chi connectivity index (χ2n) is 2.43. The van der Waals surface area contributed by atoms with Crippen molar-refractivity contribution in [2.75, 3.05) is 7.11 Å². The van der Waals surface area contributed by atoms with Gasteiger partial charge in [0, 0.05) is 0 Å². The van der Waals surface area contributed by atoms with Gasteiger partial charge in [0.15, 0.2) is 0 Å². The van der Waals surface area contributed by atoms with Gasteiger partial charge in [-0.15, -0.1) is 0 Å². The number of hydroxylamine groups is 2. The monoisotopic (exact) mass is 161 g/mol. The minimum absolute atomic E-state index is 0.0671. The molecule has 0 aromatic carbocycles. The van der Waals surface area contributed by atoms with Crippen molar-refractivity contribution in [1.82, 2.24) is 5.06 Å². The van der Waals surface area contributed by atoms with Crippen LogP contribution in [0, 0.1) is 0 Å². The van der Waals surface area contributed by atoms with Crippen molar-refractivity contribution >= 4 is 6.09 Å². The lowest BCUT2D eigenvalue weighted by Crippen LogP contribution is -2.36. The van der Waals surface area contributed by atoms with Gasteiger partial charge in [-0.2, -0.15) is 5.06 Å². The SMILES string of the molecule is CCCC(C)N(OC)C(=O)O. The normalized spacial score (nSPS) is 12.6. The zero-order valence-corrected chi connectivity index (χ0v) is 7.20. The molecule has 0 aliphatic rings. The van der Waals surface area contributed by atoms with Crippen LogP contribution in [0.4, 0.5) is 4.79 Å². The average molecular weight is 161 g/mol. The minimum Gasteiger partial charge on any atom is -0.463 e. The predicted octanol–water partition coefficient (Wildman–Crippen LogP) is 1.72. The smallest absolute Gasteiger partial charge is 0.431 e. The van der Waals surface area contributed by atoms with Crippen LogP contribution in [0.3, 0.4) is 0 Å². The molecule has 0 aliphatic heterocycles. The summed E-state index contributed by atoms with van der Waals surface area (Å²) in [7, 11) is 1.36. The molecule has 0 saturated heterocycles. The number of hydrogen-bond acceptors (Lipinski definition) is 2. The third kappa shape index (κ3) is 3.23. The van der Waals surface area contributed by atoms with E-state index in [0.29, 0.717) is 0 Å². The van der Waals surface area contributed by atoms with Gasteiger partial charge in [0.2, 0.25) is 0 Å². The van der Waals surface area contributed by atoms with E-state index in [0.717, 1.165) is 17.9 Å². The Bertz CT molecular complexity index is 127. The molecule has 1 atom stereocenters. The van der Waals surface area contributed by atoms with Crippen LogP contribution in [0.1, 0.15) is 26.7 Å². The summed E-state index contributed by atoms with van der Waals surface area (Å²) < 4.78 is 0. The molecule has 0 aliphatic carbocycles. The van der Waals surface area contributed by atoms with E-state index in [1.165, 1.54) is 7.11 Å². The molecular weight excluding hydrogens is 146 g/mol. The van der Waals surface area contributed by atoms with E-state index >= 15 is 0 Å². The highest BCUT2D eigenvalue weighted by Gasteiger charge is 2.17. The maximum Gasteiger partial charge on any atom is 0.431 e. The van der Waals surface area contributed by atoms with Crippen LogP contribution in [0.5, 0.6) is 0 Å². The summed E-state index contributed by atoms with van der Waals surface area (Å²) in [6.45, 7) is 3.83. The molecule has 0 heterocycles. The fourth-order valence-corrected chi connectivity index (χ4v) is 0.982. The maximum absolute atomic E-state index is 10.4. The molecule has 0 rings (SSSR count). The average Bonchev–Trinajstić information content (AvgIpc) is 1.88. The van der Waals surface area contributed by atoms with Crippen LogP contribution in [0.2, 0.25) is 0 Å². The summed E-state index contributed by atoms with van der Waals surface area (Å²) in [6.07, 6.45) is 0.738. The fraction of sp³-hybridized carbons (Fsp3) is 0.857. The molecule has 0 aromatic heterocycles. The largest absolute Gasteiger partial charge is 0.463 e. The number of hydrogen-bond donors (Lipinski definition) is 1. The zero-order chi connectivity index (χ0) is 8.85. The highest BCUT2D eigenvalue weighted by atomic mass is 16.7. The van der Waals surface area contributed by atoms with Gasteiger partial charge >= 0.3 is 6.09 Å². The molecule has 1 N–H and O–H groups in total. The number of carboxylic acid groups (broad SMARTS) is 1. The quantitative estimate of drug-likeness (QED) is 0.638. The van der Waals surface area contributed by atoms with Crippen molar-refractivity contribution in [3.8, 4) is 0 Å². The lowest BCUT2D eigenvalue weighted by atomic mass is 10.2. The molecule has 4 heteroatoms. The Kier molecular flexibility index (Phi) is 4.61. The molecule has 11 heavy (non-hydrogen) atoms. The van der Waals surface area contributed by atoms with Crippen LogP contribution < -0.4 is 0 Å². The number of carbonyl (C=O) groups is 1. The molecule has 0 bridgehead atoms. The molecule has 4 nitrogen and oxygen atoms in total. The van der Waals surface area contributed by atoms with E-state index in [-0.39, 0.29) is 6.04 Å². The summed E-state index contributed by atoms with van der Waals surface area (Å²) >= 11 is 0. The summed E-state index contributed by atoms with van der Waals surface area (Å²) in [5, 5.41) is 9.53. The highest BCUT2D eigenvalue weighted by Crippen LogP contribution is 2.05. The second-order valence-corrected chi connectivity index (χ2v) is 2.43. The van der Waals surface area contributed by atoms with Gasteiger partial charge in [0.1, 0.15) is 0 Å². The standard InChI is InChI=1S/C7H15NO3/c1-4-5-6(2)8(11-3)7(9)10/h6H,4-5H2,1-3H3,(H,9,10). The Hall–Kier alpha value is -0.770. The summed E-state index contributed by atoms with van der Waals surface area (Å²) in [6, 6.07) is -0.0671. The third-order valence-electron chi connectivity index (χ3n) is 1.49. The van der Waals surface area contributed by atoms with Gasteiger partial charge in [0.05, 0.1) is 13.2 Å². The number of rotatable bonds is 4. The first-order valence-corrected chi connectivity index (χ1v) is 3.69. The molecule has 0 spiro atoms. The fourth-order valence-electron chi connectivity index (χ4n) is 0.982. The van der Waals surface area contributed by atoms with Crippen molar-refractivity contribution in [3.05, 3.63) is 0 Å². The topological polar surface area (TPSA) is 49.8 Å². The van der Waals surface area contributed by atoms with Crippen LogP contribution in [0.25, 0.3) is 0 Å². The third-order valence-corrected chi connectivity index (χ3v) is 1.49. The van der Waals surface area contributed by atoms with Gasteiger partial charge in [0.25, 0.3) is 0 Å². The predicted molar refractivity (Wildman–Crippen MR) is 41.2 cm³/mol. The summed E-state index contributed by atoms with van der Waals surface area (Å²) in [5.41, 5.74) is 0. The molecule has 0 aromatic rings. The first-order valence-electron chi connectivity index (χ1n) is 3.69. The molecule has 0 saturated carbocycles. The van der Waals surface area contributed by atoms with Gasteiger partial charge in [-0.05, 0) is 13.3 Å². The van der Waals surface area contributed by atoms with Gasteiger partial charge in [-0.1, -0.05) is 13.3 Å². The van der Waals surface area contributed by atoms with E-state index in [2.05, 4.69) is 4.84 Å². The van der Waals surface area contributed by atoms with Crippen LogP contribution in [0.15, 0.2) is 0 Å². The van der Waals surface area contributed by atoms with E-state index < -0.39 is 6.09 Å². The lowest BCUT2D eigenvalue weighted by Gasteiger charge is -2.22. The molecule has 0 radical (unpaired) electrons. The van der Waals surface area contributed by atoms with Crippen molar-refractivity contribution in [3.63, 3.8) is 0 Å². The molecule has 1 amide bonds. The Balaban J connectivity index is 3.91. The van der Waals surface area contributed by atoms with Crippen molar-refractivity contribution in [1.29, 1.82) is 0 Å². The Labute approximate surface area is 66.7 Å². The van der Waals surface area contributed by atoms with Crippen LogP contribution in [-0.2, 0) is 4.84 Å². The Morgan fingerprint density at radius 2 is 2.27 bits per heavy atom. The Morgan fingerprint density at radius 3 is 2.55 bits per heavy atom. The lowest BCUT2D eigenvalue weighted by molar-refractivity contribution is -0.128. The van der Waals surface area contributed by atoms with E-state index in [1.807, 2.05) is 13.8 Å². The first-order chi connectivity index (χ1) is 5.13. The van der Waals surface area contributed by atoms with E-state index in [4.69, 9.17) is 5.11 Å². The van der Waals surface area contributed by atoms with Gasteiger partial charge < -0.3 is 5.11 Å². The second kappa shape index (κ2) is 4.96. The highest BCUT2D eigenvalue weighted by molar-refractivity contribution is 5.63.